The fourth-order valence-corrected chi connectivity index (χ4v) is 5.97. The summed E-state index contributed by atoms with van der Waals surface area (Å²) in [6, 6.07) is 24.5. The van der Waals surface area contributed by atoms with Gasteiger partial charge in [0.05, 0.1) is 32.0 Å². The Labute approximate surface area is 272 Å². The third-order valence-corrected chi connectivity index (χ3v) is 8.54. The van der Waals surface area contributed by atoms with Gasteiger partial charge in [0.25, 0.3) is 0 Å². The van der Waals surface area contributed by atoms with Crippen molar-refractivity contribution in [3.63, 3.8) is 0 Å². The van der Waals surface area contributed by atoms with E-state index in [1.807, 2.05) is 42.5 Å². The van der Waals surface area contributed by atoms with Crippen LogP contribution in [0.15, 0.2) is 72.8 Å². The summed E-state index contributed by atoms with van der Waals surface area (Å²) in [5.41, 5.74) is 6.05. The van der Waals surface area contributed by atoms with Gasteiger partial charge < -0.3 is 30.0 Å². The highest BCUT2D eigenvalue weighted by atomic mass is 16.7. The van der Waals surface area contributed by atoms with Crippen molar-refractivity contribution in [2.75, 3.05) is 39.4 Å². The number of carbonyl (C=O) groups excluding carboxylic acids is 2. The first-order valence-electron chi connectivity index (χ1n) is 16.5. The van der Waals surface area contributed by atoms with E-state index >= 15 is 0 Å². The zero-order valence-corrected chi connectivity index (χ0v) is 26.8. The summed E-state index contributed by atoms with van der Waals surface area (Å²) in [6.07, 6.45) is 3.13. The van der Waals surface area contributed by atoms with Crippen molar-refractivity contribution in [3.05, 3.63) is 95.1 Å². The molecule has 0 bridgehead atoms. The van der Waals surface area contributed by atoms with Crippen molar-refractivity contribution in [2.24, 2.45) is 0 Å². The molecule has 0 saturated carbocycles. The average molecular weight is 630 g/mol. The number of ether oxygens (including phenoxy) is 3. The molecule has 2 heterocycles. The Hall–Kier alpha value is -3.60. The molecular formula is C37H47N3O6. The Morgan fingerprint density at radius 2 is 1.61 bits per heavy atom. The Morgan fingerprint density at radius 3 is 2.37 bits per heavy atom. The Morgan fingerprint density at radius 1 is 0.848 bits per heavy atom. The maximum Gasteiger partial charge on any atom is 0.220 e. The molecule has 0 spiro atoms. The van der Waals surface area contributed by atoms with Gasteiger partial charge in [0.1, 0.15) is 0 Å². The minimum atomic E-state index is -0.525. The minimum absolute atomic E-state index is 0.00725. The topological polar surface area (TPSA) is 109 Å². The third kappa shape index (κ3) is 10.2. The second-order valence-corrected chi connectivity index (χ2v) is 12.2. The molecule has 3 aromatic rings. The van der Waals surface area contributed by atoms with Gasteiger partial charge >= 0.3 is 0 Å². The van der Waals surface area contributed by atoms with Crippen molar-refractivity contribution in [2.45, 2.75) is 70.7 Å². The fourth-order valence-electron chi connectivity index (χ4n) is 5.97. The maximum atomic E-state index is 12.4. The van der Waals surface area contributed by atoms with Gasteiger partial charge in [0, 0.05) is 58.1 Å². The number of carbonyl (C=O) groups is 2. The zero-order valence-electron chi connectivity index (χ0n) is 26.8. The highest BCUT2D eigenvalue weighted by Crippen LogP contribution is 2.39. The Kier molecular flexibility index (Phi) is 12.7. The number of aliphatic hydroxyl groups is 1. The predicted octanol–water partition coefficient (Wildman–Crippen LogP) is 5.04. The van der Waals surface area contributed by atoms with E-state index in [4.69, 9.17) is 14.2 Å². The van der Waals surface area contributed by atoms with Gasteiger partial charge in [-0.1, -0.05) is 67.1 Å². The van der Waals surface area contributed by atoms with Crippen molar-refractivity contribution >= 4 is 11.8 Å². The van der Waals surface area contributed by atoms with Gasteiger partial charge in [-0.05, 0) is 52.8 Å². The molecule has 0 aromatic heterocycles. The van der Waals surface area contributed by atoms with Crippen LogP contribution in [0.2, 0.25) is 0 Å². The Bertz CT molecular complexity index is 1410. The molecular weight excluding hydrogens is 582 g/mol. The molecule has 46 heavy (non-hydrogen) atoms. The van der Waals surface area contributed by atoms with Crippen LogP contribution in [0.5, 0.6) is 0 Å². The quantitative estimate of drug-likeness (QED) is 0.215. The van der Waals surface area contributed by atoms with Crippen LogP contribution >= 0.6 is 0 Å². The monoisotopic (exact) mass is 629 g/mol. The molecule has 2 fully saturated rings. The molecule has 2 aliphatic heterocycles. The summed E-state index contributed by atoms with van der Waals surface area (Å²) in [5, 5.41) is 15.3. The number of rotatable bonds is 14. The standard InChI is InChI=1S/C37H47N3O6/c1-27(42)38-16-4-2-3-11-36(43)39-24-29-7-5-8-31(21-29)32-9-6-10-33(22-32)37-45-34(25-40-17-19-44-20-18-40)23-35(46-37)30-14-12-28(26-41)13-15-30/h5-10,12-15,21-22,34-35,37,41H,2-4,11,16-20,23-26H2,1H3,(H,38,42)(H,39,43)/t34-,35+,37+/m1/s1. The number of unbranched alkanes of at least 4 members (excludes halogenated alkanes) is 2. The smallest absolute Gasteiger partial charge is 0.220 e. The summed E-state index contributed by atoms with van der Waals surface area (Å²) in [7, 11) is 0. The van der Waals surface area contributed by atoms with Crippen molar-refractivity contribution < 1.29 is 28.9 Å². The molecule has 0 unspecified atom stereocenters. The largest absolute Gasteiger partial charge is 0.392 e. The lowest BCUT2D eigenvalue weighted by molar-refractivity contribution is -0.253. The lowest BCUT2D eigenvalue weighted by atomic mass is 9.98. The number of nitrogens with one attached hydrogen (secondary N) is 2. The second kappa shape index (κ2) is 17.4. The summed E-state index contributed by atoms with van der Waals surface area (Å²) in [6.45, 7) is 6.73. The van der Waals surface area contributed by atoms with Crippen molar-refractivity contribution in [3.8, 4) is 11.1 Å². The van der Waals surface area contributed by atoms with Crippen LogP contribution in [-0.4, -0.2) is 67.3 Å². The molecule has 2 amide bonds. The van der Waals surface area contributed by atoms with E-state index in [2.05, 4.69) is 45.9 Å². The van der Waals surface area contributed by atoms with E-state index < -0.39 is 6.29 Å². The molecule has 2 aliphatic rings. The van der Waals surface area contributed by atoms with Gasteiger partial charge in [0.2, 0.25) is 11.8 Å². The first-order chi connectivity index (χ1) is 22.5. The average Bonchev–Trinajstić information content (AvgIpc) is 3.09. The molecule has 9 nitrogen and oxygen atoms in total. The summed E-state index contributed by atoms with van der Waals surface area (Å²) >= 11 is 0. The Balaban J connectivity index is 1.23. The van der Waals surface area contributed by atoms with E-state index in [0.29, 0.717) is 19.5 Å². The van der Waals surface area contributed by atoms with Gasteiger partial charge in [-0.25, -0.2) is 0 Å². The van der Waals surface area contributed by atoms with E-state index in [-0.39, 0.29) is 30.6 Å². The SMILES string of the molecule is CC(=O)NCCCCCC(=O)NCc1cccc(-c2cccc([C@H]3O[C@@H](CN4CCOCC4)C[C@@H](c4ccc(CO)cc4)O3)c2)c1. The van der Waals surface area contributed by atoms with E-state index in [1.165, 1.54) is 6.92 Å². The molecule has 3 atom stereocenters. The molecule has 9 heteroatoms. The van der Waals surface area contributed by atoms with Crippen LogP contribution in [0, 0.1) is 0 Å². The molecule has 3 N–H and O–H groups in total. The van der Waals surface area contributed by atoms with Crippen molar-refractivity contribution in [1.29, 1.82) is 0 Å². The van der Waals surface area contributed by atoms with Crippen LogP contribution in [0.25, 0.3) is 11.1 Å². The fraction of sp³-hybridized carbons (Fsp3) is 0.459. The molecule has 2 saturated heterocycles. The minimum Gasteiger partial charge on any atom is -0.392 e. The molecule has 0 radical (unpaired) electrons. The van der Waals surface area contributed by atoms with E-state index in [1.54, 1.807) is 0 Å². The van der Waals surface area contributed by atoms with Crippen LogP contribution in [0.3, 0.4) is 0 Å². The first kappa shape index (κ1) is 33.8. The van der Waals surface area contributed by atoms with Gasteiger partial charge in [-0.15, -0.1) is 0 Å². The number of morpholine rings is 1. The maximum absolute atomic E-state index is 12.4. The first-order valence-corrected chi connectivity index (χ1v) is 16.5. The number of amides is 2. The molecule has 246 valence electrons. The number of hydrogen-bond donors (Lipinski definition) is 3. The third-order valence-electron chi connectivity index (χ3n) is 8.54. The van der Waals surface area contributed by atoms with Gasteiger partial charge in [0.15, 0.2) is 6.29 Å². The highest BCUT2D eigenvalue weighted by Gasteiger charge is 2.33. The lowest BCUT2D eigenvalue weighted by Crippen LogP contribution is -2.44. The van der Waals surface area contributed by atoms with Crippen molar-refractivity contribution in [1.82, 2.24) is 15.5 Å². The predicted molar refractivity (Wildman–Crippen MR) is 177 cm³/mol. The van der Waals surface area contributed by atoms with E-state index in [9.17, 15) is 14.7 Å². The summed E-state index contributed by atoms with van der Waals surface area (Å²) in [5.74, 6) is 0.0105. The number of hydrogen-bond acceptors (Lipinski definition) is 7. The van der Waals surface area contributed by atoms with Gasteiger partial charge in [-0.2, -0.15) is 0 Å². The molecule has 0 aliphatic carbocycles. The molecule has 3 aromatic carbocycles. The van der Waals surface area contributed by atoms with Crippen LogP contribution in [0.1, 0.15) is 73.7 Å². The molecule has 5 rings (SSSR count). The normalized spacial score (nSPS) is 20.3. The second-order valence-electron chi connectivity index (χ2n) is 12.2. The zero-order chi connectivity index (χ0) is 32.1. The number of benzene rings is 3. The number of nitrogens with zero attached hydrogens (tertiary/aromatic N) is 1. The van der Waals surface area contributed by atoms with Crippen LogP contribution < -0.4 is 10.6 Å². The van der Waals surface area contributed by atoms with Gasteiger partial charge in [-0.3, -0.25) is 14.5 Å². The lowest BCUT2D eigenvalue weighted by Gasteiger charge is -2.39. The number of aliphatic hydroxyl groups excluding tert-OH is 1. The highest BCUT2D eigenvalue weighted by molar-refractivity contribution is 5.76. The van der Waals surface area contributed by atoms with E-state index in [0.717, 1.165) is 91.9 Å². The van der Waals surface area contributed by atoms with Crippen LogP contribution in [-0.2, 0) is 37.0 Å². The van der Waals surface area contributed by atoms with Crippen LogP contribution in [0.4, 0.5) is 0 Å². The summed E-state index contributed by atoms with van der Waals surface area (Å²) in [4.78, 5) is 25.8. The summed E-state index contributed by atoms with van der Waals surface area (Å²) < 4.78 is 18.8.